The number of aromatic nitrogens is 1. The number of nitrogens with zero attached hydrogens (tertiary/aromatic N) is 1. The van der Waals surface area contributed by atoms with Crippen LogP contribution < -0.4 is 5.32 Å². The summed E-state index contributed by atoms with van der Waals surface area (Å²) in [6.45, 7) is 5.49. The van der Waals surface area contributed by atoms with Crippen molar-refractivity contribution in [3.63, 3.8) is 0 Å². The Balaban J connectivity index is 2.32. The molecular formula is C9H14N2S. The second-order valence-corrected chi connectivity index (χ2v) is 4.62. The van der Waals surface area contributed by atoms with E-state index in [2.05, 4.69) is 24.1 Å². The van der Waals surface area contributed by atoms with E-state index >= 15 is 0 Å². The summed E-state index contributed by atoms with van der Waals surface area (Å²) >= 11 is 1.87. The summed E-state index contributed by atoms with van der Waals surface area (Å²) < 4.78 is 0. The molecule has 0 saturated heterocycles. The third-order valence-corrected chi connectivity index (χ3v) is 3.50. The quantitative estimate of drug-likeness (QED) is 0.722. The van der Waals surface area contributed by atoms with Gasteiger partial charge in [0, 0.05) is 17.3 Å². The van der Waals surface area contributed by atoms with E-state index in [0.717, 1.165) is 12.4 Å². The van der Waals surface area contributed by atoms with E-state index in [0.29, 0.717) is 5.92 Å². The Morgan fingerprint density at radius 2 is 2.33 bits per heavy atom. The highest BCUT2D eigenvalue weighted by atomic mass is 32.1. The van der Waals surface area contributed by atoms with Crippen molar-refractivity contribution >= 4 is 17.2 Å². The van der Waals surface area contributed by atoms with E-state index in [1.54, 1.807) is 0 Å². The van der Waals surface area contributed by atoms with E-state index < -0.39 is 0 Å². The summed E-state index contributed by atoms with van der Waals surface area (Å²) in [7, 11) is 0. The number of fused-ring (bicyclic) bond motifs is 1. The van der Waals surface area contributed by atoms with Gasteiger partial charge in [0.1, 0.15) is 5.82 Å². The zero-order valence-electron chi connectivity index (χ0n) is 7.55. The lowest BCUT2D eigenvalue weighted by molar-refractivity contribution is 0.823. The topological polar surface area (TPSA) is 24.9 Å². The first-order valence-electron chi connectivity index (χ1n) is 4.51. The van der Waals surface area contributed by atoms with Crippen molar-refractivity contribution in [3.05, 3.63) is 9.88 Å². The SMILES string of the molecule is CC(C)c1nc2c(s1)CCCN2. The smallest absolute Gasteiger partial charge is 0.140 e. The maximum absolute atomic E-state index is 4.56. The molecule has 0 bridgehead atoms. The summed E-state index contributed by atoms with van der Waals surface area (Å²) in [6, 6.07) is 0. The second kappa shape index (κ2) is 3.05. The molecule has 0 radical (unpaired) electrons. The van der Waals surface area contributed by atoms with E-state index in [1.165, 1.54) is 22.7 Å². The highest BCUT2D eigenvalue weighted by Crippen LogP contribution is 2.31. The number of hydrogen-bond acceptors (Lipinski definition) is 3. The predicted molar refractivity (Wildman–Crippen MR) is 53.0 cm³/mol. The monoisotopic (exact) mass is 182 g/mol. The molecule has 12 heavy (non-hydrogen) atoms. The molecule has 0 atom stereocenters. The summed E-state index contributed by atoms with van der Waals surface area (Å²) in [5.41, 5.74) is 0. The van der Waals surface area contributed by atoms with Crippen molar-refractivity contribution in [1.82, 2.24) is 4.98 Å². The number of nitrogens with one attached hydrogen (secondary N) is 1. The van der Waals surface area contributed by atoms with Gasteiger partial charge in [-0.2, -0.15) is 0 Å². The fourth-order valence-corrected chi connectivity index (χ4v) is 2.47. The van der Waals surface area contributed by atoms with Crippen LogP contribution in [0.15, 0.2) is 0 Å². The zero-order valence-corrected chi connectivity index (χ0v) is 8.37. The number of rotatable bonds is 1. The maximum Gasteiger partial charge on any atom is 0.140 e. The van der Waals surface area contributed by atoms with Gasteiger partial charge in [0.2, 0.25) is 0 Å². The molecule has 1 aliphatic rings. The van der Waals surface area contributed by atoms with Crippen molar-refractivity contribution in [1.29, 1.82) is 0 Å². The average Bonchev–Trinajstić information content (AvgIpc) is 2.46. The Labute approximate surface area is 77.0 Å². The minimum atomic E-state index is 0.572. The highest BCUT2D eigenvalue weighted by Gasteiger charge is 2.15. The van der Waals surface area contributed by atoms with Gasteiger partial charge in [-0.25, -0.2) is 4.98 Å². The predicted octanol–water partition coefficient (Wildman–Crippen LogP) is 2.62. The van der Waals surface area contributed by atoms with E-state index in [9.17, 15) is 0 Å². The van der Waals surface area contributed by atoms with Gasteiger partial charge in [0.05, 0.1) is 5.01 Å². The Hall–Kier alpha value is -0.570. The van der Waals surface area contributed by atoms with Crippen LogP contribution in [0.3, 0.4) is 0 Å². The molecule has 2 rings (SSSR count). The Kier molecular flexibility index (Phi) is 2.05. The molecule has 66 valence electrons. The van der Waals surface area contributed by atoms with E-state index in [4.69, 9.17) is 0 Å². The molecule has 1 aromatic rings. The van der Waals surface area contributed by atoms with Crippen molar-refractivity contribution in [2.45, 2.75) is 32.6 Å². The molecule has 3 heteroatoms. The van der Waals surface area contributed by atoms with Crippen molar-refractivity contribution in [2.75, 3.05) is 11.9 Å². The number of thiazole rings is 1. The molecule has 0 unspecified atom stereocenters. The summed E-state index contributed by atoms with van der Waals surface area (Å²) in [6.07, 6.45) is 2.47. The summed E-state index contributed by atoms with van der Waals surface area (Å²) in [4.78, 5) is 6.01. The maximum atomic E-state index is 4.56. The standard InChI is InChI=1S/C9H14N2S/c1-6(2)9-11-8-7(12-9)4-3-5-10-8/h6,10H,3-5H2,1-2H3. The molecular weight excluding hydrogens is 168 g/mol. The Bertz CT molecular complexity index is 255. The Morgan fingerprint density at radius 3 is 3.00 bits per heavy atom. The van der Waals surface area contributed by atoms with E-state index in [1.807, 2.05) is 11.3 Å². The molecule has 1 aliphatic heterocycles. The van der Waals surface area contributed by atoms with Crippen LogP contribution in [0.2, 0.25) is 0 Å². The van der Waals surface area contributed by atoms with E-state index in [-0.39, 0.29) is 0 Å². The molecule has 1 aromatic heterocycles. The molecule has 2 nitrogen and oxygen atoms in total. The molecule has 1 N–H and O–H groups in total. The van der Waals surface area contributed by atoms with Crippen LogP contribution in [0.4, 0.5) is 5.82 Å². The Morgan fingerprint density at radius 1 is 1.50 bits per heavy atom. The normalized spacial score (nSPS) is 15.9. The fourth-order valence-electron chi connectivity index (χ4n) is 1.38. The second-order valence-electron chi connectivity index (χ2n) is 3.51. The third kappa shape index (κ3) is 1.33. The summed E-state index contributed by atoms with van der Waals surface area (Å²) in [5.74, 6) is 1.72. The molecule has 0 aliphatic carbocycles. The minimum Gasteiger partial charge on any atom is -0.369 e. The van der Waals surface area contributed by atoms with Crippen LogP contribution in [0.1, 0.15) is 36.1 Å². The van der Waals surface area contributed by atoms with Crippen LogP contribution in [-0.2, 0) is 6.42 Å². The van der Waals surface area contributed by atoms with Crippen LogP contribution in [0.25, 0.3) is 0 Å². The highest BCUT2D eigenvalue weighted by molar-refractivity contribution is 7.12. The van der Waals surface area contributed by atoms with Crippen LogP contribution in [-0.4, -0.2) is 11.5 Å². The minimum absolute atomic E-state index is 0.572. The molecule has 0 aromatic carbocycles. The van der Waals surface area contributed by atoms with Crippen LogP contribution >= 0.6 is 11.3 Å². The molecule has 0 spiro atoms. The number of aryl methyl sites for hydroxylation is 1. The first-order valence-corrected chi connectivity index (χ1v) is 5.32. The first-order chi connectivity index (χ1) is 5.77. The van der Waals surface area contributed by atoms with Gasteiger partial charge in [-0.05, 0) is 12.8 Å². The van der Waals surface area contributed by atoms with Crippen molar-refractivity contribution in [3.8, 4) is 0 Å². The van der Waals surface area contributed by atoms with Crippen LogP contribution in [0.5, 0.6) is 0 Å². The molecule has 0 saturated carbocycles. The van der Waals surface area contributed by atoms with Crippen LogP contribution in [0, 0.1) is 0 Å². The summed E-state index contributed by atoms with van der Waals surface area (Å²) in [5, 5.41) is 4.61. The molecule has 0 amide bonds. The molecule has 2 heterocycles. The fraction of sp³-hybridized carbons (Fsp3) is 0.667. The lowest BCUT2D eigenvalue weighted by atomic mass is 10.2. The van der Waals surface area contributed by atoms with Crippen molar-refractivity contribution in [2.24, 2.45) is 0 Å². The van der Waals surface area contributed by atoms with Gasteiger partial charge in [-0.1, -0.05) is 13.8 Å². The largest absolute Gasteiger partial charge is 0.369 e. The first kappa shape index (κ1) is 8.05. The third-order valence-electron chi connectivity index (χ3n) is 2.08. The lowest BCUT2D eigenvalue weighted by Gasteiger charge is -2.10. The van der Waals surface area contributed by atoms with Gasteiger partial charge in [0.15, 0.2) is 0 Å². The van der Waals surface area contributed by atoms with Crippen molar-refractivity contribution < 1.29 is 0 Å². The number of hydrogen-bond donors (Lipinski definition) is 1. The van der Waals surface area contributed by atoms with Gasteiger partial charge >= 0.3 is 0 Å². The number of anilines is 1. The van der Waals surface area contributed by atoms with Gasteiger partial charge in [-0.3, -0.25) is 0 Å². The lowest BCUT2D eigenvalue weighted by Crippen LogP contribution is -2.09. The molecule has 0 fully saturated rings. The zero-order chi connectivity index (χ0) is 8.55. The van der Waals surface area contributed by atoms with Gasteiger partial charge < -0.3 is 5.32 Å². The van der Waals surface area contributed by atoms with Gasteiger partial charge in [0.25, 0.3) is 0 Å². The van der Waals surface area contributed by atoms with Gasteiger partial charge in [-0.15, -0.1) is 11.3 Å². The average molecular weight is 182 g/mol.